The Bertz CT molecular complexity index is 590. The van der Waals surface area contributed by atoms with Gasteiger partial charge in [-0.15, -0.1) is 0 Å². The van der Waals surface area contributed by atoms with E-state index in [4.69, 9.17) is 4.74 Å². The smallest absolute Gasteiger partial charge is 0.319 e. The minimum absolute atomic E-state index is 0.00609. The lowest BCUT2D eigenvalue weighted by atomic mass is 9.67. The van der Waals surface area contributed by atoms with Crippen molar-refractivity contribution in [3.8, 4) is 5.75 Å². The molecular weight excluding hydrogens is 324 g/mol. The summed E-state index contributed by atoms with van der Waals surface area (Å²) in [4.78, 5) is 24.6. The van der Waals surface area contributed by atoms with Gasteiger partial charge in [-0.1, -0.05) is 15.9 Å². The minimum Gasteiger partial charge on any atom is -0.508 e. The molecule has 1 atom stereocenters. The highest BCUT2D eigenvalue weighted by atomic mass is 79.9. The molecule has 1 aliphatic heterocycles. The van der Waals surface area contributed by atoms with Gasteiger partial charge in [0.2, 0.25) is 0 Å². The highest BCUT2D eigenvalue weighted by Gasteiger charge is 2.56. The molecule has 1 heterocycles. The minimum atomic E-state index is -1.17. The largest absolute Gasteiger partial charge is 0.508 e. The molecule has 5 heteroatoms. The number of cyclic esters (lactones) is 1. The van der Waals surface area contributed by atoms with Gasteiger partial charge in [-0.2, -0.15) is 0 Å². The molecule has 1 N–H and O–H groups in total. The first-order valence-corrected chi connectivity index (χ1v) is 7.12. The number of phenols is 1. The highest BCUT2D eigenvalue weighted by Crippen LogP contribution is 2.49. The molecule has 0 unspecified atom stereocenters. The van der Waals surface area contributed by atoms with Crippen LogP contribution in [-0.4, -0.2) is 16.9 Å². The standard InChI is InChI=1S/C15H17BrO4/c1-14(2)11(9-7-8(16)5-6-10(9)17)20-13(19)15(3,4)12(14)18/h5-7,11,17H,1-4H3/t11-/m1/s1. The maximum absolute atomic E-state index is 12.6. The summed E-state index contributed by atoms with van der Waals surface area (Å²) in [6.45, 7) is 6.59. The Morgan fingerprint density at radius 3 is 2.40 bits per heavy atom. The summed E-state index contributed by atoms with van der Waals surface area (Å²) in [5.41, 5.74) is -1.64. The van der Waals surface area contributed by atoms with E-state index in [-0.39, 0.29) is 11.5 Å². The first-order chi connectivity index (χ1) is 9.08. The number of rotatable bonds is 1. The molecular formula is C15H17BrO4. The zero-order chi connectivity index (χ0) is 15.3. The number of aromatic hydroxyl groups is 1. The summed E-state index contributed by atoms with van der Waals surface area (Å²) in [7, 11) is 0. The maximum Gasteiger partial charge on any atom is 0.319 e. The molecule has 0 aliphatic carbocycles. The van der Waals surface area contributed by atoms with Crippen LogP contribution >= 0.6 is 15.9 Å². The number of hydrogen-bond acceptors (Lipinski definition) is 4. The molecule has 0 aromatic heterocycles. The van der Waals surface area contributed by atoms with E-state index in [1.807, 2.05) is 0 Å². The van der Waals surface area contributed by atoms with Gasteiger partial charge in [0.15, 0.2) is 5.78 Å². The van der Waals surface area contributed by atoms with Gasteiger partial charge in [-0.25, -0.2) is 0 Å². The van der Waals surface area contributed by atoms with Crippen LogP contribution in [-0.2, 0) is 14.3 Å². The number of Topliss-reactive ketones (excluding diaryl/α,β-unsaturated/α-hetero) is 1. The zero-order valence-electron chi connectivity index (χ0n) is 11.9. The van der Waals surface area contributed by atoms with Gasteiger partial charge in [0.1, 0.15) is 17.3 Å². The van der Waals surface area contributed by atoms with Gasteiger partial charge in [0.25, 0.3) is 0 Å². The van der Waals surface area contributed by atoms with Crippen molar-refractivity contribution in [2.24, 2.45) is 10.8 Å². The normalized spacial score (nSPS) is 24.4. The third-order valence-corrected chi connectivity index (χ3v) is 4.31. The molecule has 1 fully saturated rings. The summed E-state index contributed by atoms with van der Waals surface area (Å²) in [5, 5.41) is 10.00. The first-order valence-electron chi connectivity index (χ1n) is 6.33. The van der Waals surface area contributed by atoms with E-state index < -0.39 is 22.9 Å². The Morgan fingerprint density at radius 1 is 1.20 bits per heavy atom. The van der Waals surface area contributed by atoms with Crippen LogP contribution in [0.3, 0.4) is 0 Å². The molecule has 2 rings (SSSR count). The molecule has 0 bridgehead atoms. The monoisotopic (exact) mass is 340 g/mol. The quantitative estimate of drug-likeness (QED) is 0.628. The zero-order valence-corrected chi connectivity index (χ0v) is 13.4. The highest BCUT2D eigenvalue weighted by molar-refractivity contribution is 9.10. The lowest BCUT2D eigenvalue weighted by Crippen LogP contribution is -2.52. The van der Waals surface area contributed by atoms with Crippen molar-refractivity contribution in [2.45, 2.75) is 33.8 Å². The number of carbonyl (C=O) groups excluding carboxylic acids is 2. The summed E-state index contributed by atoms with van der Waals surface area (Å²) in [6.07, 6.45) is -0.798. The fraction of sp³-hybridized carbons (Fsp3) is 0.467. The molecule has 0 spiro atoms. The first kappa shape index (κ1) is 15.0. The third kappa shape index (κ3) is 2.14. The fourth-order valence-electron chi connectivity index (χ4n) is 2.61. The molecule has 4 nitrogen and oxygen atoms in total. The second kappa shape index (κ2) is 4.58. The van der Waals surface area contributed by atoms with Gasteiger partial charge in [-0.05, 0) is 45.9 Å². The predicted molar refractivity (Wildman–Crippen MR) is 77.2 cm³/mol. The molecule has 0 saturated carbocycles. The number of esters is 1. The summed E-state index contributed by atoms with van der Waals surface area (Å²) in [6, 6.07) is 4.86. The average Bonchev–Trinajstić information content (AvgIpc) is 2.36. The molecule has 0 radical (unpaired) electrons. The van der Waals surface area contributed by atoms with Crippen molar-refractivity contribution >= 4 is 27.7 Å². The van der Waals surface area contributed by atoms with E-state index in [0.29, 0.717) is 5.56 Å². The number of ketones is 1. The number of hydrogen-bond donors (Lipinski definition) is 1. The molecule has 20 heavy (non-hydrogen) atoms. The summed E-state index contributed by atoms with van der Waals surface area (Å²) in [5.74, 6) is -0.747. The lowest BCUT2D eigenvalue weighted by molar-refractivity contribution is -0.186. The Hall–Kier alpha value is -1.36. The van der Waals surface area contributed by atoms with Gasteiger partial charge >= 0.3 is 5.97 Å². The van der Waals surface area contributed by atoms with Gasteiger partial charge in [0.05, 0.1) is 5.41 Å². The van der Waals surface area contributed by atoms with E-state index in [2.05, 4.69) is 15.9 Å². The molecule has 1 aliphatic rings. The van der Waals surface area contributed by atoms with Crippen LogP contribution < -0.4 is 0 Å². The topological polar surface area (TPSA) is 63.6 Å². The average molecular weight is 341 g/mol. The van der Waals surface area contributed by atoms with E-state index in [1.165, 1.54) is 6.07 Å². The fourth-order valence-corrected chi connectivity index (χ4v) is 2.99. The van der Waals surface area contributed by atoms with Crippen LogP contribution in [0.1, 0.15) is 39.4 Å². The van der Waals surface area contributed by atoms with Crippen LogP contribution in [0.15, 0.2) is 22.7 Å². The van der Waals surface area contributed by atoms with Crippen molar-refractivity contribution in [1.29, 1.82) is 0 Å². The van der Waals surface area contributed by atoms with Crippen molar-refractivity contribution in [2.75, 3.05) is 0 Å². The van der Waals surface area contributed by atoms with Crippen LogP contribution in [0, 0.1) is 10.8 Å². The van der Waals surface area contributed by atoms with E-state index in [1.54, 1.807) is 39.8 Å². The van der Waals surface area contributed by atoms with Crippen molar-refractivity contribution in [3.05, 3.63) is 28.2 Å². The van der Waals surface area contributed by atoms with Crippen molar-refractivity contribution in [3.63, 3.8) is 0 Å². The SMILES string of the molecule is CC1(C)C(=O)O[C@H](c2cc(Br)ccc2O)C(C)(C)C1=O. The Morgan fingerprint density at radius 2 is 1.80 bits per heavy atom. The molecule has 1 aromatic carbocycles. The Labute approximate surface area is 126 Å². The number of ether oxygens (including phenoxy) is 1. The number of halogens is 1. The van der Waals surface area contributed by atoms with Crippen molar-refractivity contribution in [1.82, 2.24) is 0 Å². The van der Waals surface area contributed by atoms with Crippen LogP contribution in [0.25, 0.3) is 0 Å². The van der Waals surface area contributed by atoms with Crippen LogP contribution in [0.5, 0.6) is 5.75 Å². The molecule has 108 valence electrons. The Kier molecular flexibility index (Phi) is 3.45. The second-order valence-electron chi connectivity index (χ2n) is 6.16. The number of carbonyl (C=O) groups is 2. The van der Waals surface area contributed by atoms with Gasteiger partial charge < -0.3 is 9.84 Å². The van der Waals surface area contributed by atoms with Gasteiger partial charge in [-0.3, -0.25) is 9.59 Å². The molecule has 1 aromatic rings. The Balaban J connectivity index is 2.55. The van der Waals surface area contributed by atoms with Gasteiger partial charge in [0, 0.05) is 10.0 Å². The van der Waals surface area contributed by atoms with E-state index >= 15 is 0 Å². The van der Waals surface area contributed by atoms with Crippen LogP contribution in [0.4, 0.5) is 0 Å². The van der Waals surface area contributed by atoms with E-state index in [0.717, 1.165) is 4.47 Å². The van der Waals surface area contributed by atoms with E-state index in [9.17, 15) is 14.7 Å². The lowest BCUT2D eigenvalue weighted by Gasteiger charge is -2.43. The van der Waals surface area contributed by atoms with Crippen LogP contribution in [0.2, 0.25) is 0 Å². The third-order valence-electron chi connectivity index (χ3n) is 3.82. The molecule has 0 amide bonds. The molecule has 1 saturated heterocycles. The predicted octanol–water partition coefficient (Wildman–Crippen LogP) is 3.37. The summed E-state index contributed by atoms with van der Waals surface area (Å²) >= 11 is 3.32. The summed E-state index contributed by atoms with van der Waals surface area (Å²) < 4.78 is 6.21. The number of benzene rings is 1. The maximum atomic E-state index is 12.6. The van der Waals surface area contributed by atoms with Crippen molar-refractivity contribution < 1.29 is 19.4 Å². The number of phenolic OH excluding ortho intramolecular Hbond substituents is 1. The second-order valence-corrected chi connectivity index (χ2v) is 7.08.